The summed E-state index contributed by atoms with van der Waals surface area (Å²) in [5, 5.41) is 4.26. The Hall–Kier alpha value is -3.68. The predicted molar refractivity (Wildman–Crippen MR) is 107 cm³/mol. The number of fused-ring (bicyclic) bond motifs is 1. The van der Waals surface area contributed by atoms with E-state index in [1.54, 1.807) is 48.2 Å². The molecule has 8 heteroatoms. The van der Waals surface area contributed by atoms with Crippen molar-refractivity contribution in [2.24, 2.45) is 0 Å². The molecule has 1 amide bonds. The molecule has 4 aromatic rings. The molecule has 0 aliphatic carbocycles. The first-order valence-electron chi connectivity index (χ1n) is 9.10. The van der Waals surface area contributed by atoms with E-state index in [9.17, 15) is 18.0 Å². The first-order chi connectivity index (χ1) is 14.2. The van der Waals surface area contributed by atoms with Crippen LogP contribution in [0.15, 0.2) is 67.1 Å². The van der Waals surface area contributed by atoms with Gasteiger partial charge in [0.15, 0.2) is 0 Å². The van der Waals surface area contributed by atoms with E-state index >= 15 is 0 Å². The molecule has 5 nitrogen and oxygen atoms in total. The van der Waals surface area contributed by atoms with Gasteiger partial charge in [-0.1, -0.05) is 12.1 Å². The van der Waals surface area contributed by atoms with Crippen molar-refractivity contribution in [3.05, 3.63) is 83.9 Å². The zero-order valence-corrected chi connectivity index (χ0v) is 16.2. The summed E-state index contributed by atoms with van der Waals surface area (Å²) in [6, 6.07) is 11.9. The molecule has 0 aliphatic heterocycles. The van der Waals surface area contributed by atoms with Gasteiger partial charge < -0.3 is 4.90 Å². The predicted octanol–water partition coefficient (Wildman–Crippen LogP) is 5.00. The fourth-order valence-electron chi connectivity index (χ4n) is 3.14. The minimum atomic E-state index is -4.39. The largest absolute Gasteiger partial charge is 0.416 e. The van der Waals surface area contributed by atoms with Crippen LogP contribution in [-0.2, 0) is 6.18 Å². The topological polar surface area (TPSA) is 50.5 Å². The number of pyridine rings is 2. The summed E-state index contributed by atoms with van der Waals surface area (Å²) in [4.78, 5) is 18.4. The van der Waals surface area contributed by atoms with Gasteiger partial charge in [-0.15, -0.1) is 0 Å². The number of nitrogens with zero attached hydrogens (tertiary/aromatic N) is 4. The number of hydrogen-bond donors (Lipinski definition) is 0. The van der Waals surface area contributed by atoms with Crippen LogP contribution in [0.2, 0.25) is 0 Å². The van der Waals surface area contributed by atoms with E-state index in [-0.39, 0.29) is 5.91 Å². The lowest BCUT2D eigenvalue weighted by Crippen LogP contribution is -2.26. The second kappa shape index (κ2) is 7.29. The SMILES string of the molecule is Cc1ccc(C(=O)N(C)c2ccn3ncc(-c4ccc(C(F)(F)F)cc4)c3c2)cn1. The van der Waals surface area contributed by atoms with Crippen LogP contribution in [0.25, 0.3) is 16.6 Å². The van der Waals surface area contributed by atoms with Crippen molar-refractivity contribution in [3.63, 3.8) is 0 Å². The van der Waals surface area contributed by atoms with Crippen LogP contribution in [0.4, 0.5) is 18.9 Å². The Morgan fingerprint density at radius 2 is 1.77 bits per heavy atom. The highest BCUT2D eigenvalue weighted by Crippen LogP contribution is 2.32. The first kappa shape index (κ1) is 19.6. The molecule has 0 saturated heterocycles. The number of benzene rings is 1. The number of hydrogen-bond acceptors (Lipinski definition) is 3. The Labute approximate surface area is 170 Å². The van der Waals surface area contributed by atoms with Gasteiger partial charge >= 0.3 is 6.18 Å². The molecule has 0 aliphatic rings. The Morgan fingerprint density at radius 3 is 2.40 bits per heavy atom. The minimum absolute atomic E-state index is 0.220. The highest BCUT2D eigenvalue weighted by atomic mass is 19.4. The van der Waals surface area contributed by atoms with Crippen LogP contribution in [0.1, 0.15) is 21.6 Å². The van der Waals surface area contributed by atoms with Crippen molar-refractivity contribution in [3.8, 4) is 11.1 Å². The number of aromatic nitrogens is 3. The molecule has 3 aromatic heterocycles. The van der Waals surface area contributed by atoms with Crippen molar-refractivity contribution in [1.29, 1.82) is 0 Å². The number of anilines is 1. The molecule has 30 heavy (non-hydrogen) atoms. The third kappa shape index (κ3) is 3.63. The van der Waals surface area contributed by atoms with Crippen LogP contribution in [0.5, 0.6) is 0 Å². The summed E-state index contributed by atoms with van der Waals surface area (Å²) in [5.41, 5.74) is 3.14. The Bertz CT molecular complexity index is 1210. The fourth-order valence-corrected chi connectivity index (χ4v) is 3.14. The lowest BCUT2D eigenvalue weighted by molar-refractivity contribution is -0.137. The van der Waals surface area contributed by atoms with Crippen LogP contribution in [0.3, 0.4) is 0 Å². The van der Waals surface area contributed by atoms with E-state index in [1.807, 2.05) is 6.92 Å². The van der Waals surface area contributed by atoms with Gasteiger partial charge in [-0.25, -0.2) is 4.52 Å². The van der Waals surface area contributed by atoms with Gasteiger partial charge in [-0.3, -0.25) is 9.78 Å². The quantitative estimate of drug-likeness (QED) is 0.478. The molecule has 152 valence electrons. The maximum atomic E-state index is 12.8. The summed E-state index contributed by atoms with van der Waals surface area (Å²) in [5.74, 6) is -0.220. The number of amides is 1. The van der Waals surface area contributed by atoms with Gasteiger partial charge in [0.25, 0.3) is 5.91 Å². The minimum Gasteiger partial charge on any atom is -0.311 e. The molecule has 0 N–H and O–H groups in total. The van der Waals surface area contributed by atoms with E-state index in [0.29, 0.717) is 27.9 Å². The zero-order chi connectivity index (χ0) is 21.5. The Kier molecular flexibility index (Phi) is 4.77. The smallest absolute Gasteiger partial charge is 0.311 e. The number of aryl methyl sites for hydroxylation is 1. The van der Waals surface area contributed by atoms with E-state index in [2.05, 4.69) is 10.1 Å². The molecule has 3 heterocycles. The lowest BCUT2D eigenvalue weighted by atomic mass is 10.0. The van der Waals surface area contributed by atoms with Crippen LogP contribution in [0, 0.1) is 6.92 Å². The summed E-state index contributed by atoms with van der Waals surface area (Å²) >= 11 is 0. The van der Waals surface area contributed by atoms with Gasteiger partial charge in [0.05, 0.1) is 22.8 Å². The first-order valence-corrected chi connectivity index (χ1v) is 9.10. The number of carbonyl (C=O) groups excluding carboxylic acids is 1. The summed E-state index contributed by atoms with van der Waals surface area (Å²) in [6.45, 7) is 1.84. The van der Waals surface area contributed by atoms with Gasteiger partial charge in [0, 0.05) is 36.4 Å². The molecule has 0 fully saturated rings. The molecule has 1 aromatic carbocycles. The number of rotatable bonds is 3. The average Bonchev–Trinajstić information content (AvgIpc) is 3.16. The van der Waals surface area contributed by atoms with E-state index in [4.69, 9.17) is 0 Å². The van der Waals surface area contributed by atoms with E-state index in [0.717, 1.165) is 17.8 Å². The number of halogens is 3. The van der Waals surface area contributed by atoms with E-state index in [1.165, 1.54) is 23.2 Å². The van der Waals surface area contributed by atoms with Gasteiger partial charge in [-0.05, 0) is 48.9 Å². The normalized spacial score (nSPS) is 11.6. The highest BCUT2D eigenvalue weighted by molar-refractivity contribution is 6.06. The standard InChI is InChI=1S/C22H17F3N4O/c1-14-3-4-16(12-26-14)21(30)28(2)18-9-10-29-20(11-18)19(13-27-29)15-5-7-17(8-6-15)22(23,24)25/h3-13H,1-2H3. The zero-order valence-electron chi connectivity index (χ0n) is 16.2. The molecule has 0 unspecified atom stereocenters. The molecule has 0 bridgehead atoms. The molecular formula is C22H17F3N4O. The average molecular weight is 410 g/mol. The fraction of sp³-hybridized carbons (Fsp3) is 0.136. The van der Waals surface area contributed by atoms with Crippen molar-refractivity contribution >= 4 is 17.1 Å². The maximum Gasteiger partial charge on any atom is 0.416 e. The van der Waals surface area contributed by atoms with Crippen LogP contribution in [-0.4, -0.2) is 27.6 Å². The second-order valence-corrected chi connectivity index (χ2v) is 6.90. The van der Waals surface area contributed by atoms with Crippen molar-refractivity contribution < 1.29 is 18.0 Å². The third-order valence-electron chi connectivity index (χ3n) is 4.88. The van der Waals surface area contributed by atoms with Gasteiger partial charge in [-0.2, -0.15) is 18.3 Å². The van der Waals surface area contributed by atoms with Gasteiger partial charge in [0.2, 0.25) is 0 Å². The molecule has 0 atom stereocenters. The van der Waals surface area contributed by atoms with Crippen LogP contribution < -0.4 is 4.90 Å². The van der Waals surface area contributed by atoms with Crippen molar-refractivity contribution in [1.82, 2.24) is 14.6 Å². The van der Waals surface area contributed by atoms with Crippen molar-refractivity contribution in [2.75, 3.05) is 11.9 Å². The Balaban J connectivity index is 1.69. The molecule has 0 spiro atoms. The van der Waals surface area contributed by atoms with Gasteiger partial charge in [0.1, 0.15) is 0 Å². The van der Waals surface area contributed by atoms with Crippen LogP contribution >= 0.6 is 0 Å². The maximum absolute atomic E-state index is 12.8. The Morgan fingerprint density at radius 1 is 1.03 bits per heavy atom. The monoisotopic (exact) mass is 410 g/mol. The van der Waals surface area contributed by atoms with E-state index < -0.39 is 11.7 Å². The second-order valence-electron chi connectivity index (χ2n) is 6.90. The lowest BCUT2D eigenvalue weighted by Gasteiger charge is -2.17. The van der Waals surface area contributed by atoms with Crippen molar-refractivity contribution in [2.45, 2.75) is 13.1 Å². The number of carbonyl (C=O) groups is 1. The number of alkyl halides is 3. The summed E-state index contributed by atoms with van der Waals surface area (Å²) < 4.78 is 40.1. The molecule has 0 saturated carbocycles. The third-order valence-corrected chi connectivity index (χ3v) is 4.88. The summed E-state index contributed by atoms with van der Waals surface area (Å²) in [7, 11) is 1.65. The summed E-state index contributed by atoms with van der Waals surface area (Å²) in [6.07, 6.45) is 0.433. The molecule has 0 radical (unpaired) electrons. The molecular weight excluding hydrogens is 393 g/mol. The highest BCUT2D eigenvalue weighted by Gasteiger charge is 2.30. The molecule has 4 rings (SSSR count).